The van der Waals surface area contributed by atoms with Crippen molar-refractivity contribution in [2.24, 2.45) is 11.1 Å². The molecular weight excluding hydrogens is 264 g/mol. The number of ether oxygens (including phenoxy) is 1. The highest BCUT2D eigenvalue weighted by Crippen LogP contribution is 2.30. The predicted octanol–water partition coefficient (Wildman–Crippen LogP) is 1.90. The lowest BCUT2D eigenvalue weighted by atomic mass is 9.86. The first-order valence-electron chi connectivity index (χ1n) is 4.51. The highest BCUT2D eigenvalue weighted by atomic mass is 79.9. The minimum absolute atomic E-state index is 0.163. The van der Waals surface area contributed by atoms with E-state index in [1.54, 1.807) is 11.3 Å². The van der Waals surface area contributed by atoms with Gasteiger partial charge in [-0.05, 0) is 28.1 Å². The lowest BCUT2D eigenvalue weighted by molar-refractivity contribution is -0.0979. The van der Waals surface area contributed by atoms with Crippen molar-refractivity contribution in [2.45, 2.75) is 0 Å². The summed E-state index contributed by atoms with van der Waals surface area (Å²) in [5, 5.41) is 4.57. The average Bonchev–Trinajstić information content (AvgIpc) is 2.50. The molecule has 5 heteroatoms. The van der Waals surface area contributed by atoms with Gasteiger partial charge in [-0.1, -0.05) is 0 Å². The van der Waals surface area contributed by atoms with Crippen molar-refractivity contribution in [2.75, 3.05) is 31.6 Å². The Morgan fingerprint density at radius 3 is 2.79 bits per heavy atom. The molecule has 0 radical (unpaired) electrons. The third-order valence-corrected chi connectivity index (χ3v) is 4.04. The molecular formula is C9H13BrN2OS. The third kappa shape index (κ3) is 2.11. The molecule has 2 rings (SSSR count). The van der Waals surface area contributed by atoms with Gasteiger partial charge in [0.1, 0.15) is 0 Å². The van der Waals surface area contributed by atoms with E-state index in [9.17, 15) is 0 Å². The van der Waals surface area contributed by atoms with Crippen molar-refractivity contribution in [1.29, 1.82) is 0 Å². The van der Waals surface area contributed by atoms with E-state index in [0.717, 1.165) is 23.5 Å². The van der Waals surface area contributed by atoms with Gasteiger partial charge in [0.05, 0.1) is 22.0 Å². The van der Waals surface area contributed by atoms with Crippen LogP contribution in [0.2, 0.25) is 0 Å². The van der Waals surface area contributed by atoms with Gasteiger partial charge in [0, 0.05) is 18.5 Å². The van der Waals surface area contributed by atoms with E-state index < -0.39 is 0 Å². The smallest absolute Gasteiger partial charge is 0.0894 e. The second-order valence-electron chi connectivity index (χ2n) is 3.65. The highest BCUT2D eigenvalue weighted by molar-refractivity contribution is 9.11. The molecule has 1 aromatic rings. The van der Waals surface area contributed by atoms with Crippen molar-refractivity contribution in [3.8, 4) is 0 Å². The number of anilines is 1. The number of thiophene rings is 1. The van der Waals surface area contributed by atoms with Crippen molar-refractivity contribution < 1.29 is 4.74 Å². The Hall–Kier alpha value is -0.100. The first kappa shape index (κ1) is 10.4. The number of halogens is 1. The minimum Gasteiger partial charge on any atom is -0.380 e. The fourth-order valence-corrected chi connectivity index (χ4v) is 2.65. The Bertz CT molecular complexity index is 306. The van der Waals surface area contributed by atoms with Gasteiger partial charge in [-0.3, -0.25) is 0 Å². The van der Waals surface area contributed by atoms with Crippen LogP contribution in [0.5, 0.6) is 0 Å². The molecule has 0 spiro atoms. The van der Waals surface area contributed by atoms with Gasteiger partial charge in [0.15, 0.2) is 0 Å². The lowest BCUT2D eigenvalue weighted by Crippen LogP contribution is -2.52. The molecule has 1 aliphatic heterocycles. The normalized spacial score (nSPS) is 19.0. The Labute approximate surface area is 95.8 Å². The minimum atomic E-state index is 0.163. The summed E-state index contributed by atoms with van der Waals surface area (Å²) in [5.74, 6) is 0. The molecule has 0 aliphatic carbocycles. The second kappa shape index (κ2) is 4.18. The van der Waals surface area contributed by atoms with Gasteiger partial charge in [-0.2, -0.15) is 0 Å². The molecule has 0 bridgehead atoms. The van der Waals surface area contributed by atoms with E-state index >= 15 is 0 Å². The summed E-state index contributed by atoms with van der Waals surface area (Å²) < 4.78 is 6.34. The monoisotopic (exact) mass is 276 g/mol. The summed E-state index contributed by atoms with van der Waals surface area (Å²) in [6.07, 6.45) is 0. The Morgan fingerprint density at radius 2 is 2.36 bits per heavy atom. The third-order valence-electron chi connectivity index (χ3n) is 2.46. The summed E-state index contributed by atoms with van der Waals surface area (Å²) in [5.41, 5.74) is 5.88. The van der Waals surface area contributed by atoms with E-state index in [-0.39, 0.29) is 5.41 Å². The van der Waals surface area contributed by atoms with Crippen molar-refractivity contribution >= 4 is 32.3 Å². The fraction of sp³-hybridized carbons (Fsp3) is 0.556. The van der Waals surface area contributed by atoms with Crippen molar-refractivity contribution in [3.63, 3.8) is 0 Å². The molecule has 3 nitrogen and oxygen atoms in total. The maximum atomic E-state index is 5.71. The summed E-state index contributed by atoms with van der Waals surface area (Å²) in [6, 6.07) is 4.11. The zero-order chi connectivity index (χ0) is 10.0. The maximum Gasteiger partial charge on any atom is 0.0894 e. The van der Waals surface area contributed by atoms with Crippen LogP contribution in [-0.2, 0) is 4.74 Å². The second-order valence-corrected chi connectivity index (χ2v) is 6.12. The molecule has 0 aromatic carbocycles. The fourth-order valence-electron chi connectivity index (χ4n) is 1.37. The van der Waals surface area contributed by atoms with Crippen molar-refractivity contribution in [3.05, 3.63) is 15.9 Å². The summed E-state index contributed by atoms with van der Waals surface area (Å²) in [6.45, 7) is 3.15. The van der Waals surface area contributed by atoms with E-state index in [1.807, 2.05) is 6.07 Å². The van der Waals surface area contributed by atoms with Crippen LogP contribution in [0.25, 0.3) is 0 Å². The largest absolute Gasteiger partial charge is 0.380 e. The molecule has 14 heavy (non-hydrogen) atoms. The van der Waals surface area contributed by atoms with Crippen molar-refractivity contribution in [1.82, 2.24) is 0 Å². The van der Waals surface area contributed by atoms with Crippen LogP contribution < -0.4 is 11.1 Å². The number of nitrogens with one attached hydrogen (secondary N) is 1. The molecule has 0 amide bonds. The zero-order valence-electron chi connectivity index (χ0n) is 7.75. The van der Waals surface area contributed by atoms with E-state index in [0.29, 0.717) is 6.54 Å². The topological polar surface area (TPSA) is 47.3 Å². The summed E-state index contributed by atoms with van der Waals surface area (Å²) in [7, 11) is 0. The lowest BCUT2D eigenvalue weighted by Gasteiger charge is -2.40. The quantitative estimate of drug-likeness (QED) is 0.883. The zero-order valence-corrected chi connectivity index (χ0v) is 10.2. The molecule has 0 unspecified atom stereocenters. The summed E-state index contributed by atoms with van der Waals surface area (Å²) >= 11 is 5.13. The van der Waals surface area contributed by atoms with Gasteiger partial charge < -0.3 is 15.8 Å². The Kier molecular flexibility index (Phi) is 3.11. The molecule has 1 saturated heterocycles. The first-order chi connectivity index (χ1) is 6.74. The van der Waals surface area contributed by atoms with Crippen LogP contribution in [-0.4, -0.2) is 26.3 Å². The Balaban J connectivity index is 1.87. The van der Waals surface area contributed by atoms with E-state index in [1.165, 1.54) is 5.00 Å². The highest BCUT2D eigenvalue weighted by Gasteiger charge is 2.36. The first-order valence-corrected chi connectivity index (χ1v) is 6.12. The molecule has 0 atom stereocenters. The molecule has 1 fully saturated rings. The van der Waals surface area contributed by atoms with Gasteiger partial charge in [-0.25, -0.2) is 0 Å². The molecule has 1 aromatic heterocycles. The van der Waals surface area contributed by atoms with Crippen LogP contribution in [0.15, 0.2) is 15.9 Å². The maximum absolute atomic E-state index is 5.71. The van der Waals surface area contributed by atoms with Crippen LogP contribution in [0, 0.1) is 5.41 Å². The van der Waals surface area contributed by atoms with Crippen LogP contribution >= 0.6 is 27.3 Å². The van der Waals surface area contributed by atoms with Gasteiger partial charge in [0.25, 0.3) is 0 Å². The molecule has 0 saturated carbocycles. The average molecular weight is 277 g/mol. The number of nitrogens with two attached hydrogens (primary N) is 1. The predicted molar refractivity (Wildman–Crippen MR) is 62.8 cm³/mol. The number of rotatable bonds is 4. The number of hydrogen-bond acceptors (Lipinski definition) is 4. The number of hydrogen-bond donors (Lipinski definition) is 2. The Morgan fingerprint density at radius 1 is 1.57 bits per heavy atom. The molecule has 1 aliphatic rings. The van der Waals surface area contributed by atoms with Crippen LogP contribution in [0.3, 0.4) is 0 Å². The SMILES string of the molecule is NCC1(CNc2ccc(Br)s2)COC1. The van der Waals surface area contributed by atoms with Gasteiger partial charge >= 0.3 is 0 Å². The van der Waals surface area contributed by atoms with E-state index in [2.05, 4.69) is 27.3 Å². The molecule has 2 heterocycles. The van der Waals surface area contributed by atoms with Crippen LogP contribution in [0.1, 0.15) is 0 Å². The standard InChI is InChI=1S/C9H13BrN2OS/c10-7-1-2-8(14-7)12-4-9(3-11)5-13-6-9/h1-2,12H,3-6,11H2. The molecule has 3 N–H and O–H groups in total. The van der Waals surface area contributed by atoms with Gasteiger partial charge in [-0.15, -0.1) is 11.3 Å². The van der Waals surface area contributed by atoms with E-state index in [4.69, 9.17) is 10.5 Å². The molecule has 78 valence electrons. The summed E-state index contributed by atoms with van der Waals surface area (Å²) in [4.78, 5) is 0. The van der Waals surface area contributed by atoms with Gasteiger partial charge in [0.2, 0.25) is 0 Å². The van der Waals surface area contributed by atoms with Crippen LogP contribution in [0.4, 0.5) is 5.00 Å².